The number of hydrogen-bond donors (Lipinski definition) is 1. The molecule has 0 saturated heterocycles. The van der Waals surface area contributed by atoms with Crippen LogP contribution in [0.2, 0.25) is 0 Å². The minimum Gasteiger partial charge on any atom is -0.339 e. The maximum atomic E-state index is 11.2. The normalized spacial score (nSPS) is 24.9. The van der Waals surface area contributed by atoms with E-state index in [1.807, 2.05) is 0 Å². The highest BCUT2D eigenvalue weighted by Crippen LogP contribution is 2.54. The summed E-state index contributed by atoms with van der Waals surface area (Å²) in [6.45, 7) is 0. The van der Waals surface area contributed by atoms with Crippen LogP contribution in [0.4, 0.5) is 0 Å². The van der Waals surface area contributed by atoms with Gasteiger partial charge in [-0.1, -0.05) is 24.1 Å². The number of rotatable bonds is 4. The standard InChI is InChI=1S/C15H18N4O3S/c16-23(20,21)13-6-5-10(8-17-13)11-7-12(11)15-18-14(19-22-15)9-3-1-2-4-9/h5-6,8-9,11-12H,1-4,7H2,(H2,16,20,21)/t11-,12+/m0/s1. The van der Waals surface area contributed by atoms with Crippen LogP contribution < -0.4 is 5.14 Å². The first kappa shape index (κ1) is 14.8. The third-order valence-electron chi connectivity index (χ3n) is 4.76. The van der Waals surface area contributed by atoms with Gasteiger partial charge in [0, 0.05) is 18.0 Å². The van der Waals surface area contributed by atoms with Crippen LogP contribution in [-0.2, 0) is 10.0 Å². The van der Waals surface area contributed by atoms with Crippen LogP contribution in [0.1, 0.15) is 67.1 Å². The van der Waals surface area contributed by atoms with E-state index in [-0.39, 0.29) is 16.9 Å². The number of sulfonamides is 1. The van der Waals surface area contributed by atoms with E-state index in [0.717, 1.165) is 30.7 Å². The molecule has 0 radical (unpaired) electrons. The van der Waals surface area contributed by atoms with Crippen LogP contribution in [0.5, 0.6) is 0 Å². The van der Waals surface area contributed by atoms with E-state index in [0.29, 0.717) is 11.8 Å². The molecular formula is C15H18N4O3S. The zero-order valence-corrected chi connectivity index (χ0v) is 13.4. The Hall–Kier alpha value is -1.80. The zero-order chi connectivity index (χ0) is 16.0. The lowest BCUT2D eigenvalue weighted by Gasteiger charge is -2.00. The molecule has 0 unspecified atom stereocenters. The Morgan fingerprint density at radius 1 is 1.17 bits per heavy atom. The van der Waals surface area contributed by atoms with Crippen molar-refractivity contribution in [3.8, 4) is 0 Å². The summed E-state index contributed by atoms with van der Waals surface area (Å²) in [5.41, 5.74) is 0.975. The quantitative estimate of drug-likeness (QED) is 0.915. The predicted molar refractivity (Wildman–Crippen MR) is 81.2 cm³/mol. The molecule has 8 heteroatoms. The number of pyridine rings is 1. The number of primary sulfonamides is 1. The molecule has 0 spiro atoms. The molecule has 2 atom stereocenters. The molecule has 2 N–H and O–H groups in total. The monoisotopic (exact) mass is 334 g/mol. The second kappa shape index (κ2) is 5.38. The topological polar surface area (TPSA) is 112 Å². The zero-order valence-electron chi connectivity index (χ0n) is 12.6. The first-order chi connectivity index (χ1) is 11.0. The van der Waals surface area contributed by atoms with Crippen molar-refractivity contribution in [1.29, 1.82) is 0 Å². The SMILES string of the molecule is NS(=O)(=O)c1ccc([C@@H]2C[C@H]2c2nc(C3CCCC3)no2)cn1. The Bertz CT molecular complexity index is 810. The first-order valence-corrected chi connectivity index (χ1v) is 9.39. The molecule has 122 valence electrons. The van der Waals surface area contributed by atoms with Gasteiger partial charge in [0.1, 0.15) is 0 Å². The summed E-state index contributed by atoms with van der Waals surface area (Å²) >= 11 is 0. The van der Waals surface area contributed by atoms with E-state index < -0.39 is 10.0 Å². The number of hydrogen-bond acceptors (Lipinski definition) is 6. The molecule has 4 rings (SSSR count). The van der Waals surface area contributed by atoms with Crippen LogP contribution in [0.25, 0.3) is 0 Å². The van der Waals surface area contributed by atoms with Crippen LogP contribution in [0.15, 0.2) is 27.9 Å². The largest absolute Gasteiger partial charge is 0.339 e. The molecule has 7 nitrogen and oxygen atoms in total. The lowest BCUT2D eigenvalue weighted by molar-refractivity contribution is 0.369. The third kappa shape index (κ3) is 2.88. The Labute approximate surface area is 134 Å². The van der Waals surface area contributed by atoms with E-state index in [4.69, 9.17) is 9.66 Å². The summed E-state index contributed by atoms with van der Waals surface area (Å²) in [5.74, 6) is 2.44. The molecule has 2 aliphatic rings. The van der Waals surface area contributed by atoms with Gasteiger partial charge in [0.2, 0.25) is 5.89 Å². The average molecular weight is 334 g/mol. The Morgan fingerprint density at radius 2 is 1.96 bits per heavy atom. The summed E-state index contributed by atoms with van der Waals surface area (Å²) in [5, 5.41) is 9.08. The van der Waals surface area contributed by atoms with Crippen molar-refractivity contribution >= 4 is 10.0 Å². The van der Waals surface area contributed by atoms with E-state index in [2.05, 4.69) is 15.1 Å². The summed E-state index contributed by atoms with van der Waals surface area (Å²) in [4.78, 5) is 8.50. The molecular weight excluding hydrogens is 316 g/mol. The third-order valence-corrected chi connectivity index (χ3v) is 5.59. The second-order valence-electron chi connectivity index (χ2n) is 6.40. The fraction of sp³-hybridized carbons (Fsp3) is 0.533. The van der Waals surface area contributed by atoms with Gasteiger partial charge in [-0.05, 0) is 36.8 Å². The van der Waals surface area contributed by atoms with Crippen molar-refractivity contribution < 1.29 is 12.9 Å². The van der Waals surface area contributed by atoms with Gasteiger partial charge in [0.25, 0.3) is 10.0 Å². The first-order valence-electron chi connectivity index (χ1n) is 7.84. The lowest BCUT2D eigenvalue weighted by Crippen LogP contribution is -2.13. The molecule has 2 aromatic rings. The van der Waals surface area contributed by atoms with Gasteiger partial charge in [-0.15, -0.1) is 0 Å². The molecule has 0 aromatic carbocycles. The average Bonchev–Trinajstić information content (AvgIpc) is 2.94. The molecule has 0 amide bonds. The maximum Gasteiger partial charge on any atom is 0.255 e. The molecule has 2 heterocycles. The molecule has 0 bridgehead atoms. The van der Waals surface area contributed by atoms with E-state index in [1.54, 1.807) is 12.3 Å². The molecule has 2 fully saturated rings. The van der Waals surface area contributed by atoms with Gasteiger partial charge in [-0.25, -0.2) is 18.5 Å². The summed E-state index contributed by atoms with van der Waals surface area (Å²) < 4.78 is 27.9. The Balaban J connectivity index is 1.47. The smallest absolute Gasteiger partial charge is 0.255 e. The maximum absolute atomic E-state index is 11.2. The number of aromatic nitrogens is 3. The molecule has 2 aliphatic carbocycles. The Morgan fingerprint density at radius 3 is 2.61 bits per heavy atom. The van der Waals surface area contributed by atoms with Gasteiger partial charge in [-0.3, -0.25) is 0 Å². The van der Waals surface area contributed by atoms with Crippen LogP contribution in [-0.4, -0.2) is 23.5 Å². The minimum atomic E-state index is -3.75. The van der Waals surface area contributed by atoms with Gasteiger partial charge in [-0.2, -0.15) is 4.98 Å². The van der Waals surface area contributed by atoms with Crippen LogP contribution in [0, 0.1) is 0 Å². The van der Waals surface area contributed by atoms with Crippen molar-refractivity contribution in [3.05, 3.63) is 35.6 Å². The van der Waals surface area contributed by atoms with Crippen molar-refractivity contribution in [3.63, 3.8) is 0 Å². The highest BCUT2D eigenvalue weighted by Gasteiger charge is 2.44. The summed E-state index contributed by atoms with van der Waals surface area (Å²) in [7, 11) is -3.75. The van der Waals surface area contributed by atoms with Gasteiger partial charge >= 0.3 is 0 Å². The number of nitrogens with zero attached hydrogens (tertiary/aromatic N) is 3. The fourth-order valence-electron chi connectivity index (χ4n) is 3.36. The Kier molecular flexibility index (Phi) is 3.46. The van der Waals surface area contributed by atoms with Gasteiger partial charge in [0.05, 0.1) is 0 Å². The molecule has 23 heavy (non-hydrogen) atoms. The second-order valence-corrected chi connectivity index (χ2v) is 7.90. The van der Waals surface area contributed by atoms with Crippen LogP contribution in [0.3, 0.4) is 0 Å². The van der Waals surface area contributed by atoms with Gasteiger partial charge < -0.3 is 4.52 Å². The summed E-state index contributed by atoms with van der Waals surface area (Å²) in [6.07, 6.45) is 7.25. The minimum absolute atomic E-state index is 0.111. The van der Waals surface area contributed by atoms with E-state index in [1.165, 1.54) is 18.9 Å². The predicted octanol–water partition coefficient (Wildman–Crippen LogP) is 2.04. The van der Waals surface area contributed by atoms with Crippen molar-refractivity contribution in [2.24, 2.45) is 5.14 Å². The van der Waals surface area contributed by atoms with Crippen molar-refractivity contribution in [2.45, 2.75) is 54.9 Å². The number of nitrogens with two attached hydrogens (primary N) is 1. The molecule has 2 saturated carbocycles. The molecule has 2 aromatic heterocycles. The van der Waals surface area contributed by atoms with Crippen molar-refractivity contribution in [1.82, 2.24) is 15.1 Å². The van der Waals surface area contributed by atoms with E-state index >= 15 is 0 Å². The lowest BCUT2D eigenvalue weighted by atomic mass is 10.1. The fourth-order valence-corrected chi connectivity index (χ4v) is 3.82. The van der Waals surface area contributed by atoms with Gasteiger partial charge in [0.15, 0.2) is 10.9 Å². The highest BCUT2D eigenvalue weighted by atomic mass is 32.2. The van der Waals surface area contributed by atoms with Crippen LogP contribution >= 0.6 is 0 Å². The summed E-state index contributed by atoms with van der Waals surface area (Å²) in [6, 6.07) is 3.20. The highest BCUT2D eigenvalue weighted by molar-refractivity contribution is 7.89. The van der Waals surface area contributed by atoms with Crippen molar-refractivity contribution in [2.75, 3.05) is 0 Å². The van der Waals surface area contributed by atoms with E-state index in [9.17, 15) is 8.42 Å². The molecule has 0 aliphatic heterocycles.